The Bertz CT molecular complexity index is 399. The smallest absolute Gasteiger partial charge is 0.319 e. The Labute approximate surface area is 97.4 Å². The summed E-state index contributed by atoms with van der Waals surface area (Å²) in [7, 11) is 0. The predicted molar refractivity (Wildman–Crippen MR) is 59.8 cm³/mol. The van der Waals surface area contributed by atoms with Gasteiger partial charge in [-0.15, -0.1) is 0 Å². The van der Waals surface area contributed by atoms with Crippen LogP contribution in [0.5, 0.6) is 0 Å². The zero-order valence-electron chi connectivity index (χ0n) is 9.09. The van der Waals surface area contributed by atoms with Gasteiger partial charge in [-0.3, -0.25) is 0 Å². The van der Waals surface area contributed by atoms with E-state index in [4.69, 9.17) is 0 Å². The molecule has 6 heteroatoms. The van der Waals surface area contributed by atoms with Gasteiger partial charge in [-0.05, 0) is 25.1 Å². The summed E-state index contributed by atoms with van der Waals surface area (Å²) in [6.45, 7) is 1.51. The Morgan fingerprint density at radius 3 is 2.65 bits per heavy atom. The molecule has 2 amide bonds. The largest absolute Gasteiger partial charge is 0.334 e. The van der Waals surface area contributed by atoms with Crippen molar-refractivity contribution >= 4 is 11.7 Å². The molecule has 3 N–H and O–H groups in total. The Hall–Kier alpha value is -1.69. The average Bonchev–Trinajstić information content (AvgIpc) is 2.76. The topological polar surface area (TPSA) is 53.2 Å². The number of carbonyl (C=O) groups is 1. The molecule has 0 saturated carbocycles. The Morgan fingerprint density at radius 2 is 2.06 bits per heavy atom. The Balaban J connectivity index is 1.97. The van der Waals surface area contributed by atoms with Crippen LogP contribution in [0.25, 0.3) is 0 Å². The molecule has 4 nitrogen and oxygen atoms in total. The minimum absolute atomic E-state index is 0.00448. The van der Waals surface area contributed by atoms with E-state index >= 15 is 0 Å². The minimum atomic E-state index is -0.787. The van der Waals surface area contributed by atoms with E-state index in [1.165, 1.54) is 6.07 Å². The highest BCUT2D eigenvalue weighted by atomic mass is 19.1. The van der Waals surface area contributed by atoms with Crippen LogP contribution in [0.2, 0.25) is 0 Å². The number of urea groups is 1. The first kappa shape index (κ1) is 11.8. The molecule has 2 rings (SSSR count). The fourth-order valence-corrected chi connectivity index (χ4v) is 1.73. The SMILES string of the molecule is O=C(Nc1c(F)cccc1F)N[C@@H]1CCNC1. The summed E-state index contributed by atoms with van der Waals surface area (Å²) >= 11 is 0. The molecule has 0 radical (unpaired) electrons. The number of hydrogen-bond acceptors (Lipinski definition) is 2. The second-order valence-corrected chi connectivity index (χ2v) is 3.88. The number of rotatable bonds is 2. The molecular weight excluding hydrogens is 228 g/mol. The van der Waals surface area contributed by atoms with Crippen LogP contribution >= 0.6 is 0 Å². The number of carbonyl (C=O) groups excluding carboxylic acids is 1. The average molecular weight is 241 g/mol. The third-order valence-corrected chi connectivity index (χ3v) is 2.60. The maximum atomic E-state index is 13.2. The van der Waals surface area contributed by atoms with E-state index in [1.54, 1.807) is 0 Å². The molecule has 0 aromatic heterocycles. The van der Waals surface area contributed by atoms with E-state index in [-0.39, 0.29) is 6.04 Å². The number of hydrogen-bond donors (Lipinski definition) is 3. The van der Waals surface area contributed by atoms with Crippen LogP contribution in [-0.2, 0) is 0 Å². The van der Waals surface area contributed by atoms with Gasteiger partial charge in [0.05, 0.1) is 0 Å². The number of halogens is 2. The van der Waals surface area contributed by atoms with Crippen molar-refractivity contribution < 1.29 is 13.6 Å². The van der Waals surface area contributed by atoms with Gasteiger partial charge >= 0.3 is 6.03 Å². The summed E-state index contributed by atoms with van der Waals surface area (Å²) in [5.74, 6) is -1.57. The number of para-hydroxylation sites is 1. The fraction of sp³-hybridized carbons (Fsp3) is 0.364. The lowest BCUT2D eigenvalue weighted by Gasteiger charge is -2.13. The highest BCUT2D eigenvalue weighted by Gasteiger charge is 2.18. The van der Waals surface area contributed by atoms with Crippen molar-refractivity contribution in [2.45, 2.75) is 12.5 Å². The first-order valence-electron chi connectivity index (χ1n) is 5.39. The molecule has 1 saturated heterocycles. The quantitative estimate of drug-likeness (QED) is 0.734. The van der Waals surface area contributed by atoms with Crippen molar-refractivity contribution in [1.82, 2.24) is 10.6 Å². The normalized spacial score (nSPS) is 19.1. The van der Waals surface area contributed by atoms with Crippen molar-refractivity contribution in [2.24, 2.45) is 0 Å². The lowest BCUT2D eigenvalue weighted by molar-refractivity contribution is 0.249. The van der Waals surface area contributed by atoms with Gasteiger partial charge in [-0.25, -0.2) is 13.6 Å². The Morgan fingerprint density at radius 1 is 1.35 bits per heavy atom. The summed E-state index contributed by atoms with van der Waals surface area (Å²) in [5, 5.41) is 7.89. The van der Waals surface area contributed by atoms with Gasteiger partial charge in [0.1, 0.15) is 17.3 Å². The van der Waals surface area contributed by atoms with Gasteiger partial charge < -0.3 is 16.0 Å². The number of anilines is 1. The van der Waals surface area contributed by atoms with Crippen LogP contribution in [-0.4, -0.2) is 25.2 Å². The molecule has 1 fully saturated rings. The van der Waals surface area contributed by atoms with Crippen LogP contribution < -0.4 is 16.0 Å². The van der Waals surface area contributed by atoms with Crippen LogP contribution in [0.4, 0.5) is 19.3 Å². The maximum absolute atomic E-state index is 13.2. The second kappa shape index (κ2) is 5.09. The van der Waals surface area contributed by atoms with Crippen LogP contribution in [0.15, 0.2) is 18.2 Å². The number of amides is 2. The first-order chi connectivity index (χ1) is 8.16. The molecule has 1 heterocycles. The third kappa shape index (κ3) is 2.91. The standard InChI is InChI=1S/C11H13F2N3O/c12-8-2-1-3-9(13)10(8)16-11(17)15-7-4-5-14-6-7/h1-3,7,14H,4-6H2,(H2,15,16,17)/t7-/m1/s1. The maximum Gasteiger partial charge on any atom is 0.319 e. The van der Waals surface area contributed by atoms with Crippen molar-refractivity contribution in [3.8, 4) is 0 Å². The molecule has 92 valence electrons. The van der Waals surface area contributed by atoms with E-state index in [1.807, 2.05) is 0 Å². The molecule has 0 bridgehead atoms. The predicted octanol–water partition coefficient (Wildman–Crippen LogP) is 1.45. The zero-order valence-corrected chi connectivity index (χ0v) is 9.09. The second-order valence-electron chi connectivity index (χ2n) is 3.88. The third-order valence-electron chi connectivity index (χ3n) is 2.60. The van der Waals surface area contributed by atoms with Crippen LogP contribution in [0.3, 0.4) is 0 Å². The summed E-state index contributed by atoms with van der Waals surface area (Å²) in [6, 6.07) is 2.84. The van der Waals surface area contributed by atoms with E-state index in [0.717, 1.165) is 25.1 Å². The fourth-order valence-electron chi connectivity index (χ4n) is 1.73. The molecule has 1 aromatic rings. The van der Waals surface area contributed by atoms with Crippen LogP contribution in [0, 0.1) is 11.6 Å². The van der Waals surface area contributed by atoms with Crippen molar-refractivity contribution in [1.29, 1.82) is 0 Å². The van der Waals surface area contributed by atoms with Gasteiger partial charge in [0, 0.05) is 12.6 Å². The van der Waals surface area contributed by atoms with Gasteiger partial charge in [0.2, 0.25) is 0 Å². The molecule has 0 unspecified atom stereocenters. The van der Waals surface area contributed by atoms with Crippen molar-refractivity contribution in [3.63, 3.8) is 0 Å². The van der Waals surface area contributed by atoms with Gasteiger partial charge in [-0.2, -0.15) is 0 Å². The molecule has 1 aromatic carbocycles. The van der Waals surface area contributed by atoms with E-state index in [2.05, 4.69) is 16.0 Å². The van der Waals surface area contributed by atoms with Gasteiger partial charge in [0.25, 0.3) is 0 Å². The first-order valence-corrected chi connectivity index (χ1v) is 5.39. The summed E-state index contributed by atoms with van der Waals surface area (Å²) in [5.41, 5.74) is -0.420. The van der Waals surface area contributed by atoms with Crippen molar-refractivity contribution in [3.05, 3.63) is 29.8 Å². The monoisotopic (exact) mass is 241 g/mol. The zero-order chi connectivity index (χ0) is 12.3. The van der Waals surface area contributed by atoms with E-state index in [9.17, 15) is 13.6 Å². The van der Waals surface area contributed by atoms with E-state index in [0.29, 0.717) is 6.54 Å². The molecule has 0 aliphatic carbocycles. The molecule has 1 atom stereocenters. The lowest BCUT2D eigenvalue weighted by atomic mass is 10.2. The molecular formula is C11H13F2N3O. The number of nitrogens with one attached hydrogen (secondary N) is 3. The highest BCUT2D eigenvalue weighted by Crippen LogP contribution is 2.17. The number of benzene rings is 1. The molecule has 1 aliphatic heterocycles. The molecule has 0 spiro atoms. The van der Waals surface area contributed by atoms with Crippen molar-refractivity contribution in [2.75, 3.05) is 18.4 Å². The van der Waals surface area contributed by atoms with Gasteiger partial charge in [0.15, 0.2) is 0 Å². The minimum Gasteiger partial charge on any atom is -0.334 e. The lowest BCUT2D eigenvalue weighted by Crippen LogP contribution is -2.39. The molecule has 17 heavy (non-hydrogen) atoms. The summed E-state index contributed by atoms with van der Waals surface area (Å²) in [6.07, 6.45) is 0.813. The molecule has 1 aliphatic rings. The van der Waals surface area contributed by atoms with Crippen LogP contribution in [0.1, 0.15) is 6.42 Å². The van der Waals surface area contributed by atoms with E-state index < -0.39 is 23.4 Å². The Kier molecular flexibility index (Phi) is 3.53. The summed E-state index contributed by atoms with van der Waals surface area (Å²) in [4.78, 5) is 11.5. The van der Waals surface area contributed by atoms with Gasteiger partial charge in [-0.1, -0.05) is 6.07 Å². The summed E-state index contributed by atoms with van der Waals surface area (Å²) < 4.78 is 26.5. The highest BCUT2D eigenvalue weighted by molar-refractivity contribution is 5.89.